The quantitative estimate of drug-likeness (QED) is 0.585. The lowest BCUT2D eigenvalue weighted by atomic mass is 9.85. The van der Waals surface area contributed by atoms with Crippen molar-refractivity contribution in [1.29, 1.82) is 0 Å². The second kappa shape index (κ2) is 7.93. The van der Waals surface area contributed by atoms with Gasteiger partial charge in [0.05, 0.1) is 29.5 Å². The van der Waals surface area contributed by atoms with Gasteiger partial charge in [0.1, 0.15) is 0 Å². The Balaban J connectivity index is 2.02. The molecule has 0 atom stereocenters. The fraction of sp³-hybridized carbons (Fsp3) is 0.500. The molecule has 25 heavy (non-hydrogen) atoms. The van der Waals surface area contributed by atoms with Crippen LogP contribution in [0.5, 0.6) is 0 Å². The van der Waals surface area contributed by atoms with E-state index in [1.807, 2.05) is 17.6 Å². The van der Waals surface area contributed by atoms with Crippen molar-refractivity contribution >= 4 is 33.4 Å². The Labute approximate surface area is 150 Å². The Morgan fingerprint density at radius 1 is 1.36 bits per heavy atom. The van der Waals surface area contributed by atoms with E-state index in [4.69, 9.17) is 9.47 Å². The monoisotopic (exact) mass is 362 g/mol. The van der Waals surface area contributed by atoms with Gasteiger partial charge in [-0.3, -0.25) is 4.79 Å². The van der Waals surface area contributed by atoms with E-state index >= 15 is 0 Å². The van der Waals surface area contributed by atoms with Crippen LogP contribution in [0.15, 0.2) is 23.2 Å². The highest BCUT2D eigenvalue weighted by Gasteiger charge is 2.25. The Morgan fingerprint density at radius 2 is 2.16 bits per heavy atom. The number of fused-ring (bicyclic) bond motifs is 1. The van der Waals surface area contributed by atoms with E-state index in [0.29, 0.717) is 30.1 Å². The molecule has 0 radical (unpaired) electrons. The summed E-state index contributed by atoms with van der Waals surface area (Å²) in [6.45, 7) is 3.75. The third-order valence-corrected chi connectivity index (χ3v) is 5.47. The number of aromatic nitrogens is 1. The molecule has 1 saturated carbocycles. The van der Waals surface area contributed by atoms with Gasteiger partial charge in [-0.15, -0.1) is 0 Å². The fourth-order valence-electron chi connectivity index (χ4n) is 2.76. The summed E-state index contributed by atoms with van der Waals surface area (Å²) in [6.07, 6.45) is 2.96. The van der Waals surface area contributed by atoms with Crippen molar-refractivity contribution in [2.75, 3.05) is 20.3 Å². The van der Waals surface area contributed by atoms with Gasteiger partial charge in [-0.05, 0) is 38.0 Å². The topological polar surface area (TPSA) is 69.9 Å². The van der Waals surface area contributed by atoms with Crippen LogP contribution in [0.2, 0.25) is 0 Å². The fourth-order valence-corrected chi connectivity index (χ4v) is 3.86. The summed E-state index contributed by atoms with van der Waals surface area (Å²) in [6, 6.07) is 5.39. The van der Waals surface area contributed by atoms with E-state index in [-0.39, 0.29) is 17.8 Å². The zero-order valence-corrected chi connectivity index (χ0v) is 15.3. The van der Waals surface area contributed by atoms with Crippen molar-refractivity contribution in [3.63, 3.8) is 0 Å². The molecule has 134 valence electrons. The molecule has 3 rings (SSSR count). The third-order valence-electron chi connectivity index (χ3n) is 4.43. The largest absolute Gasteiger partial charge is 0.465 e. The smallest absolute Gasteiger partial charge is 0.337 e. The van der Waals surface area contributed by atoms with Crippen molar-refractivity contribution in [3.8, 4) is 0 Å². The molecule has 0 aliphatic heterocycles. The van der Waals surface area contributed by atoms with E-state index in [0.717, 1.165) is 29.5 Å². The van der Waals surface area contributed by atoms with Crippen LogP contribution >= 0.6 is 11.3 Å². The van der Waals surface area contributed by atoms with Gasteiger partial charge in [0, 0.05) is 19.1 Å². The summed E-state index contributed by atoms with van der Waals surface area (Å²) in [5.41, 5.74) is 1.43. The van der Waals surface area contributed by atoms with Crippen molar-refractivity contribution in [2.24, 2.45) is 10.9 Å². The van der Waals surface area contributed by atoms with Crippen LogP contribution < -0.4 is 4.80 Å². The number of benzene rings is 1. The molecular formula is C18H22N2O4S. The van der Waals surface area contributed by atoms with E-state index < -0.39 is 0 Å². The molecule has 0 N–H and O–H groups in total. The van der Waals surface area contributed by atoms with Gasteiger partial charge in [0.25, 0.3) is 5.91 Å². The van der Waals surface area contributed by atoms with Crippen LogP contribution in [0.3, 0.4) is 0 Å². The average molecular weight is 362 g/mol. The first-order chi connectivity index (χ1) is 12.1. The number of carbonyl (C=O) groups is 2. The highest BCUT2D eigenvalue weighted by atomic mass is 32.1. The minimum absolute atomic E-state index is 0.0452. The average Bonchev–Trinajstić information content (AvgIpc) is 2.89. The van der Waals surface area contributed by atoms with Crippen molar-refractivity contribution < 1.29 is 19.1 Å². The molecule has 7 heteroatoms. The van der Waals surface area contributed by atoms with Crippen LogP contribution in [0.25, 0.3) is 10.2 Å². The molecule has 0 saturated heterocycles. The van der Waals surface area contributed by atoms with Crippen molar-refractivity contribution in [1.82, 2.24) is 4.57 Å². The van der Waals surface area contributed by atoms with Gasteiger partial charge in [-0.2, -0.15) is 4.99 Å². The zero-order chi connectivity index (χ0) is 17.8. The number of hydrogen-bond acceptors (Lipinski definition) is 5. The predicted molar refractivity (Wildman–Crippen MR) is 95.6 cm³/mol. The highest BCUT2D eigenvalue weighted by Crippen LogP contribution is 2.27. The Morgan fingerprint density at radius 3 is 2.80 bits per heavy atom. The Kier molecular flexibility index (Phi) is 5.65. The molecule has 0 unspecified atom stereocenters. The first kappa shape index (κ1) is 17.8. The first-order valence-electron chi connectivity index (χ1n) is 8.52. The molecule has 1 aliphatic carbocycles. The molecule has 1 aromatic heterocycles. The summed E-state index contributed by atoms with van der Waals surface area (Å²) in [5, 5.41) is 0. The SMILES string of the molecule is CCOCCn1c(=NC(=O)C2CCC2)sc2cc(C(=O)OC)ccc21. The number of nitrogens with zero attached hydrogens (tertiary/aromatic N) is 2. The molecule has 0 spiro atoms. The molecule has 6 nitrogen and oxygen atoms in total. The van der Waals surface area contributed by atoms with Gasteiger partial charge < -0.3 is 14.0 Å². The lowest BCUT2D eigenvalue weighted by Gasteiger charge is -2.20. The number of carbonyl (C=O) groups excluding carboxylic acids is 2. The normalized spacial score (nSPS) is 15.4. The lowest BCUT2D eigenvalue weighted by Crippen LogP contribution is -2.25. The molecular weight excluding hydrogens is 340 g/mol. The zero-order valence-electron chi connectivity index (χ0n) is 14.5. The highest BCUT2D eigenvalue weighted by molar-refractivity contribution is 7.16. The van der Waals surface area contributed by atoms with E-state index in [2.05, 4.69) is 4.99 Å². The number of ether oxygens (including phenoxy) is 2. The number of amides is 1. The number of hydrogen-bond donors (Lipinski definition) is 0. The standard InChI is InChI=1S/C18H22N2O4S/c1-3-24-10-9-20-14-8-7-13(17(22)23-2)11-15(14)25-18(20)19-16(21)12-5-4-6-12/h7-8,11-12H,3-6,9-10H2,1-2H3. The lowest BCUT2D eigenvalue weighted by molar-refractivity contribution is -0.124. The molecule has 2 aromatic rings. The molecule has 1 aliphatic rings. The number of methoxy groups -OCH3 is 1. The van der Waals surface area contributed by atoms with Crippen LogP contribution in [0.4, 0.5) is 0 Å². The van der Waals surface area contributed by atoms with Crippen LogP contribution in [0.1, 0.15) is 36.5 Å². The van der Waals surface area contributed by atoms with Gasteiger partial charge in [0.2, 0.25) is 0 Å². The van der Waals surface area contributed by atoms with E-state index in [9.17, 15) is 9.59 Å². The minimum atomic E-state index is -0.375. The summed E-state index contributed by atoms with van der Waals surface area (Å²) in [5.74, 6) is -0.354. The Bertz CT molecular complexity index is 848. The maximum atomic E-state index is 12.3. The number of rotatable bonds is 6. The predicted octanol–water partition coefficient (Wildman–Crippen LogP) is 2.75. The summed E-state index contributed by atoms with van der Waals surface area (Å²) in [7, 11) is 1.36. The second-order valence-corrected chi connectivity index (χ2v) is 6.99. The second-order valence-electron chi connectivity index (χ2n) is 5.99. The van der Waals surface area contributed by atoms with E-state index in [1.54, 1.807) is 12.1 Å². The maximum Gasteiger partial charge on any atom is 0.337 e. The van der Waals surface area contributed by atoms with Gasteiger partial charge >= 0.3 is 5.97 Å². The number of thiazole rings is 1. The molecule has 0 bridgehead atoms. The maximum absolute atomic E-state index is 12.3. The Hall–Kier alpha value is -1.99. The third kappa shape index (κ3) is 3.82. The molecule has 1 heterocycles. The number of esters is 1. The van der Waals surface area contributed by atoms with Crippen molar-refractivity contribution in [3.05, 3.63) is 28.6 Å². The molecule has 1 amide bonds. The summed E-state index contributed by atoms with van der Waals surface area (Å²) < 4.78 is 13.1. The van der Waals surface area contributed by atoms with Crippen molar-refractivity contribution in [2.45, 2.75) is 32.7 Å². The van der Waals surface area contributed by atoms with Gasteiger partial charge in [-0.1, -0.05) is 17.8 Å². The van der Waals surface area contributed by atoms with Crippen LogP contribution in [-0.2, 0) is 20.8 Å². The molecule has 1 fully saturated rings. The van der Waals surface area contributed by atoms with Crippen LogP contribution in [0, 0.1) is 5.92 Å². The minimum Gasteiger partial charge on any atom is -0.465 e. The first-order valence-corrected chi connectivity index (χ1v) is 9.33. The molecule has 1 aromatic carbocycles. The van der Waals surface area contributed by atoms with Crippen LogP contribution in [-0.4, -0.2) is 36.8 Å². The summed E-state index contributed by atoms with van der Waals surface area (Å²) in [4.78, 5) is 29.1. The van der Waals surface area contributed by atoms with Gasteiger partial charge in [-0.25, -0.2) is 4.79 Å². The van der Waals surface area contributed by atoms with E-state index in [1.165, 1.54) is 18.4 Å². The summed E-state index contributed by atoms with van der Waals surface area (Å²) >= 11 is 1.42. The van der Waals surface area contributed by atoms with Gasteiger partial charge in [0.15, 0.2) is 4.80 Å².